The molecule has 1 saturated heterocycles. The maximum absolute atomic E-state index is 14.9. The Hall–Kier alpha value is -5.30. The fourth-order valence-corrected chi connectivity index (χ4v) is 5.39. The number of carbonyl (C=O) groups excluding carboxylic acids is 1. The van der Waals surface area contributed by atoms with Crippen molar-refractivity contribution in [3.63, 3.8) is 0 Å². The smallest absolute Gasteiger partial charge is 0.407 e. The predicted molar refractivity (Wildman–Crippen MR) is 176 cm³/mol. The number of hydrogen-bond donors (Lipinski definition) is 2. The number of pyridine rings is 1. The van der Waals surface area contributed by atoms with Crippen LogP contribution in [0.1, 0.15) is 39.2 Å². The summed E-state index contributed by atoms with van der Waals surface area (Å²) in [5.74, 6) is 0.848. The second-order valence-corrected chi connectivity index (χ2v) is 12.1. The molecule has 10 heteroatoms. The molecule has 0 spiro atoms. The maximum Gasteiger partial charge on any atom is 0.407 e. The minimum Gasteiger partial charge on any atom is -0.493 e. The molecule has 2 N–H and O–H groups in total. The van der Waals surface area contributed by atoms with Gasteiger partial charge in [0, 0.05) is 25.2 Å². The number of anilines is 1. The van der Waals surface area contributed by atoms with Crippen molar-refractivity contribution in [3.8, 4) is 33.9 Å². The predicted octanol–water partition coefficient (Wildman–Crippen LogP) is 7.48. The number of piperidine rings is 1. The van der Waals surface area contributed by atoms with Gasteiger partial charge in [-0.2, -0.15) is 0 Å². The Balaban J connectivity index is 1.48. The summed E-state index contributed by atoms with van der Waals surface area (Å²) in [4.78, 5) is 34.9. The zero-order valence-corrected chi connectivity index (χ0v) is 26.4. The summed E-state index contributed by atoms with van der Waals surface area (Å²) in [6.07, 6.45) is 0.836. The highest BCUT2D eigenvalue weighted by molar-refractivity contribution is 5.83. The Morgan fingerprint density at radius 1 is 1.02 bits per heavy atom. The van der Waals surface area contributed by atoms with Gasteiger partial charge in [0.25, 0.3) is 0 Å². The van der Waals surface area contributed by atoms with Crippen LogP contribution in [0.3, 0.4) is 0 Å². The Kier molecular flexibility index (Phi) is 9.61. The summed E-state index contributed by atoms with van der Waals surface area (Å²) < 4.78 is 32.0. The number of aromatic amines is 1. The van der Waals surface area contributed by atoms with Crippen LogP contribution >= 0.6 is 0 Å². The maximum atomic E-state index is 14.9. The number of hydrogen-bond acceptors (Lipinski definition) is 6. The lowest BCUT2D eigenvalue weighted by molar-refractivity contribution is 0.0497. The Morgan fingerprint density at radius 2 is 1.74 bits per heavy atom. The minimum absolute atomic E-state index is 0.0690. The molecule has 5 rings (SSSR count). The third kappa shape index (κ3) is 7.67. The van der Waals surface area contributed by atoms with Crippen LogP contribution in [-0.4, -0.2) is 42.9 Å². The molecular formula is C36H37FN4O5. The Bertz CT molecular complexity index is 1800. The van der Waals surface area contributed by atoms with Gasteiger partial charge in [-0.1, -0.05) is 48.5 Å². The molecule has 238 valence electrons. The van der Waals surface area contributed by atoms with E-state index in [-0.39, 0.29) is 17.2 Å². The number of benzene rings is 3. The number of amides is 1. The van der Waals surface area contributed by atoms with E-state index in [2.05, 4.69) is 15.1 Å². The van der Waals surface area contributed by atoms with E-state index in [0.29, 0.717) is 72.2 Å². The molecular weight excluding hydrogens is 587 g/mol. The first-order valence-electron chi connectivity index (χ1n) is 15.1. The highest BCUT2D eigenvalue weighted by atomic mass is 19.1. The first-order chi connectivity index (χ1) is 22.0. The van der Waals surface area contributed by atoms with Gasteiger partial charge in [-0.15, -0.1) is 0 Å². The summed E-state index contributed by atoms with van der Waals surface area (Å²) in [5.41, 5.74) is 1.71. The van der Waals surface area contributed by atoms with E-state index in [0.717, 1.165) is 5.56 Å². The number of alkyl carbamates (subject to hydrolysis) is 1. The van der Waals surface area contributed by atoms with E-state index < -0.39 is 17.5 Å². The molecule has 1 amide bonds. The van der Waals surface area contributed by atoms with E-state index in [1.54, 1.807) is 37.4 Å². The van der Waals surface area contributed by atoms with Gasteiger partial charge < -0.3 is 29.4 Å². The van der Waals surface area contributed by atoms with Crippen molar-refractivity contribution in [1.29, 1.82) is 0 Å². The molecule has 3 aromatic carbocycles. The second-order valence-electron chi connectivity index (χ2n) is 12.1. The summed E-state index contributed by atoms with van der Waals surface area (Å²) in [6.45, 7) is 14.2. The molecule has 1 aliphatic rings. The van der Waals surface area contributed by atoms with Gasteiger partial charge in [0.1, 0.15) is 23.8 Å². The lowest BCUT2D eigenvalue weighted by atomic mass is 9.97. The van der Waals surface area contributed by atoms with E-state index in [1.807, 2.05) is 56.0 Å². The lowest BCUT2D eigenvalue weighted by Crippen LogP contribution is -2.46. The standard InChI is InChI=1S/C36H37FN4O5/c1-36(2,3)46-35(43)39-26-15-17-41(18-16-26)32-21-29(42)33(34(40-32)25-11-13-28(38-4)27(37)19-25)24-12-14-30(44-5)31(20-24)45-22-23-9-7-6-8-10-23/h6-14,19-21,26H,15-18,22H2,1-3,5H3,(H,39,43)(H,40,42). The number of aromatic nitrogens is 1. The van der Waals surface area contributed by atoms with Gasteiger partial charge >= 0.3 is 6.09 Å². The molecule has 0 unspecified atom stereocenters. The lowest BCUT2D eigenvalue weighted by Gasteiger charge is -2.34. The third-order valence-corrected chi connectivity index (χ3v) is 7.62. The van der Waals surface area contributed by atoms with Crippen LogP contribution < -0.4 is 25.1 Å². The quantitative estimate of drug-likeness (QED) is 0.197. The van der Waals surface area contributed by atoms with Crippen LogP contribution in [0.25, 0.3) is 27.2 Å². The largest absolute Gasteiger partial charge is 0.493 e. The number of ether oxygens (including phenoxy) is 3. The molecule has 0 bridgehead atoms. The molecule has 0 atom stereocenters. The van der Waals surface area contributed by atoms with Crippen molar-refractivity contribution in [2.24, 2.45) is 0 Å². The summed E-state index contributed by atoms with van der Waals surface area (Å²) in [6, 6.07) is 20.7. The molecule has 4 aromatic rings. The average Bonchev–Trinajstić information content (AvgIpc) is 3.03. The molecule has 9 nitrogen and oxygen atoms in total. The van der Waals surface area contributed by atoms with E-state index in [1.165, 1.54) is 12.1 Å². The van der Waals surface area contributed by atoms with Crippen LogP contribution in [0.4, 0.5) is 20.7 Å². The number of nitrogens with one attached hydrogen (secondary N) is 2. The van der Waals surface area contributed by atoms with Crippen LogP contribution in [0, 0.1) is 12.4 Å². The molecule has 1 fully saturated rings. The third-order valence-electron chi connectivity index (χ3n) is 7.62. The molecule has 46 heavy (non-hydrogen) atoms. The van der Waals surface area contributed by atoms with Crippen molar-refractivity contribution in [2.45, 2.75) is 51.9 Å². The van der Waals surface area contributed by atoms with Crippen LogP contribution in [0.15, 0.2) is 77.6 Å². The number of rotatable bonds is 8. The SMILES string of the molecule is [C-]#[N+]c1ccc(-c2[nH]c(N3CCC(NC(=O)OC(C)(C)C)CC3)cc(=O)c2-c2ccc(OC)c(OCc3ccccc3)c2)cc1F. The summed E-state index contributed by atoms with van der Waals surface area (Å²) >= 11 is 0. The van der Waals surface area contributed by atoms with Crippen molar-refractivity contribution in [3.05, 3.63) is 106 Å². The van der Waals surface area contributed by atoms with E-state index in [9.17, 15) is 14.0 Å². The van der Waals surface area contributed by atoms with Gasteiger partial charge in [-0.3, -0.25) is 4.79 Å². The van der Waals surface area contributed by atoms with Crippen molar-refractivity contribution in [2.75, 3.05) is 25.1 Å². The summed E-state index contributed by atoms with van der Waals surface area (Å²) in [5, 5.41) is 2.93. The minimum atomic E-state index is -0.680. The first kappa shape index (κ1) is 32.1. The second kappa shape index (κ2) is 13.8. The number of nitrogens with zero attached hydrogens (tertiary/aromatic N) is 2. The van der Waals surface area contributed by atoms with Gasteiger partial charge in [0.2, 0.25) is 5.69 Å². The van der Waals surface area contributed by atoms with Gasteiger partial charge in [0.15, 0.2) is 16.9 Å². The van der Waals surface area contributed by atoms with Crippen LogP contribution in [0.2, 0.25) is 0 Å². The monoisotopic (exact) mass is 624 g/mol. The fraction of sp³-hybridized carbons (Fsp3) is 0.306. The van der Waals surface area contributed by atoms with Gasteiger partial charge in [-0.05, 0) is 68.5 Å². The molecule has 0 radical (unpaired) electrons. The van der Waals surface area contributed by atoms with Crippen LogP contribution in [-0.2, 0) is 11.3 Å². The van der Waals surface area contributed by atoms with E-state index in [4.69, 9.17) is 20.8 Å². The van der Waals surface area contributed by atoms with Gasteiger partial charge in [0.05, 0.1) is 24.9 Å². The van der Waals surface area contributed by atoms with Crippen molar-refractivity contribution < 1.29 is 23.4 Å². The zero-order chi connectivity index (χ0) is 32.8. The number of halogens is 1. The molecule has 1 aliphatic heterocycles. The molecule has 2 heterocycles. The van der Waals surface area contributed by atoms with Crippen molar-refractivity contribution >= 4 is 17.6 Å². The fourth-order valence-electron chi connectivity index (χ4n) is 5.39. The topological polar surface area (TPSA) is 97.2 Å². The zero-order valence-electron chi connectivity index (χ0n) is 26.4. The average molecular weight is 625 g/mol. The molecule has 0 aliphatic carbocycles. The van der Waals surface area contributed by atoms with E-state index >= 15 is 0 Å². The molecule has 0 saturated carbocycles. The van der Waals surface area contributed by atoms with Crippen LogP contribution in [0.5, 0.6) is 11.5 Å². The normalized spacial score (nSPS) is 13.5. The number of methoxy groups -OCH3 is 1. The van der Waals surface area contributed by atoms with Gasteiger partial charge in [-0.25, -0.2) is 14.0 Å². The first-order valence-corrected chi connectivity index (χ1v) is 15.1. The highest BCUT2D eigenvalue weighted by Gasteiger charge is 2.26. The highest BCUT2D eigenvalue weighted by Crippen LogP contribution is 2.37. The summed E-state index contributed by atoms with van der Waals surface area (Å²) in [7, 11) is 1.55. The number of H-pyrrole nitrogens is 1. The van der Waals surface area contributed by atoms with Crippen molar-refractivity contribution in [1.82, 2.24) is 10.3 Å². The number of carbonyl (C=O) groups is 1. The Morgan fingerprint density at radius 3 is 2.39 bits per heavy atom. The Labute approximate surface area is 267 Å². The molecule has 1 aromatic heterocycles.